The standard InChI is InChI=1S/C33H35FN6O/c1-33(2,3)36-17-23-16-25-27(19-5-6-19)18-40(32(41)30(25)37-23)29-14-21(13-28(38-29)20-7-8-20)24-10-9-22(34)15-26(24)31-35-11-12-39(31)4/h9-16,18-20,36-37H,5-8,17H2,1-4H3. The van der Waals surface area contributed by atoms with Crippen molar-refractivity contribution in [2.45, 2.75) is 70.4 Å². The first kappa shape index (κ1) is 25.9. The molecule has 2 N–H and O–H groups in total. The zero-order chi connectivity index (χ0) is 28.5. The molecule has 4 aromatic heterocycles. The summed E-state index contributed by atoms with van der Waals surface area (Å²) in [6.07, 6.45) is 9.97. The van der Waals surface area contributed by atoms with Crippen molar-refractivity contribution < 1.29 is 4.39 Å². The number of aromatic amines is 1. The maximum Gasteiger partial charge on any atom is 0.280 e. The Balaban J connectivity index is 1.40. The highest BCUT2D eigenvalue weighted by Crippen LogP contribution is 2.44. The summed E-state index contributed by atoms with van der Waals surface area (Å²) in [5.41, 5.74) is 6.10. The van der Waals surface area contributed by atoms with Crippen molar-refractivity contribution in [3.8, 4) is 28.3 Å². The number of hydrogen-bond acceptors (Lipinski definition) is 4. The highest BCUT2D eigenvalue weighted by atomic mass is 19.1. The van der Waals surface area contributed by atoms with Crippen molar-refractivity contribution in [2.75, 3.05) is 0 Å². The predicted octanol–water partition coefficient (Wildman–Crippen LogP) is 6.56. The van der Waals surface area contributed by atoms with E-state index >= 15 is 0 Å². The third-order valence-corrected chi connectivity index (χ3v) is 8.14. The zero-order valence-corrected chi connectivity index (χ0v) is 24.0. The monoisotopic (exact) mass is 550 g/mol. The van der Waals surface area contributed by atoms with Gasteiger partial charge >= 0.3 is 0 Å². The summed E-state index contributed by atoms with van der Waals surface area (Å²) in [5.74, 6) is 1.78. The molecule has 0 spiro atoms. The molecule has 1 aromatic carbocycles. The molecule has 7 nitrogen and oxygen atoms in total. The molecule has 0 amide bonds. The number of hydrogen-bond donors (Lipinski definition) is 2. The van der Waals surface area contributed by atoms with Gasteiger partial charge in [0, 0.05) is 66.0 Å². The van der Waals surface area contributed by atoms with Gasteiger partial charge in [0.2, 0.25) is 0 Å². The van der Waals surface area contributed by atoms with Crippen LogP contribution in [0, 0.1) is 5.82 Å². The van der Waals surface area contributed by atoms with Crippen molar-refractivity contribution >= 4 is 10.9 Å². The van der Waals surface area contributed by atoms with Gasteiger partial charge in [-0.25, -0.2) is 14.4 Å². The minimum absolute atomic E-state index is 0.0332. The molecular weight excluding hydrogens is 515 g/mol. The Bertz CT molecular complexity index is 1850. The number of imidazole rings is 1. The Labute approximate surface area is 238 Å². The van der Waals surface area contributed by atoms with Gasteiger partial charge in [0.25, 0.3) is 5.56 Å². The van der Waals surface area contributed by atoms with Crippen LogP contribution in [0.1, 0.15) is 75.2 Å². The molecule has 0 atom stereocenters. The number of nitrogens with zero attached hydrogens (tertiary/aromatic N) is 4. The van der Waals surface area contributed by atoms with Gasteiger partial charge in [-0.3, -0.25) is 9.36 Å². The average Bonchev–Trinajstić information content (AvgIpc) is 3.86. The number of nitrogens with one attached hydrogen (secondary N) is 2. The molecule has 0 bridgehead atoms. The minimum Gasteiger partial charge on any atom is -0.353 e. The van der Waals surface area contributed by atoms with Gasteiger partial charge in [0.05, 0.1) is 0 Å². The van der Waals surface area contributed by atoms with E-state index < -0.39 is 0 Å². The number of aromatic nitrogens is 5. The van der Waals surface area contributed by atoms with Crippen molar-refractivity contribution in [2.24, 2.45) is 7.05 Å². The fourth-order valence-electron chi connectivity index (χ4n) is 5.62. The van der Waals surface area contributed by atoms with Crippen molar-refractivity contribution in [1.29, 1.82) is 0 Å². The number of aryl methyl sites for hydroxylation is 1. The van der Waals surface area contributed by atoms with E-state index in [2.05, 4.69) is 48.2 Å². The third-order valence-electron chi connectivity index (χ3n) is 8.14. The Morgan fingerprint density at radius 2 is 1.83 bits per heavy atom. The van der Waals surface area contributed by atoms with E-state index in [0.29, 0.717) is 41.1 Å². The van der Waals surface area contributed by atoms with Gasteiger partial charge in [0.15, 0.2) is 0 Å². The number of fused-ring (bicyclic) bond motifs is 1. The maximum absolute atomic E-state index is 14.5. The van der Waals surface area contributed by atoms with Gasteiger partial charge in [-0.15, -0.1) is 0 Å². The second-order valence-electron chi connectivity index (χ2n) is 12.7. The summed E-state index contributed by atoms with van der Waals surface area (Å²) >= 11 is 0. The van der Waals surface area contributed by atoms with E-state index in [1.165, 1.54) is 17.7 Å². The molecule has 7 rings (SSSR count). The second-order valence-corrected chi connectivity index (χ2v) is 12.7. The molecule has 2 aliphatic rings. The molecule has 4 heterocycles. The molecule has 2 fully saturated rings. The minimum atomic E-state index is -0.317. The van der Waals surface area contributed by atoms with Crippen molar-refractivity contribution in [3.05, 3.63) is 88.1 Å². The Morgan fingerprint density at radius 3 is 2.51 bits per heavy atom. The average molecular weight is 551 g/mol. The van der Waals surface area contributed by atoms with E-state index in [1.807, 2.05) is 30.1 Å². The fourth-order valence-corrected chi connectivity index (χ4v) is 5.62. The molecular formula is C33H35FN6O. The lowest BCUT2D eigenvalue weighted by atomic mass is 9.98. The van der Waals surface area contributed by atoms with E-state index in [9.17, 15) is 9.18 Å². The summed E-state index contributed by atoms with van der Waals surface area (Å²) in [6.45, 7) is 7.06. The molecule has 0 unspecified atom stereocenters. The van der Waals surface area contributed by atoms with Crippen LogP contribution in [0.5, 0.6) is 0 Å². The van der Waals surface area contributed by atoms with Crippen molar-refractivity contribution in [1.82, 2.24) is 29.4 Å². The van der Waals surface area contributed by atoms with Crippen LogP contribution >= 0.6 is 0 Å². The molecule has 0 radical (unpaired) electrons. The Morgan fingerprint density at radius 1 is 1.05 bits per heavy atom. The van der Waals surface area contributed by atoms with Crippen molar-refractivity contribution in [3.63, 3.8) is 0 Å². The first-order valence-electron chi connectivity index (χ1n) is 14.5. The van der Waals surface area contributed by atoms with E-state index in [4.69, 9.17) is 4.98 Å². The lowest BCUT2D eigenvalue weighted by Crippen LogP contribution is -2.35. The molecule has 2 aliphatic carbocycles. The van der Waals surface area contributed by atoms with Crippen LogP contribution in [0.25, 0.3) is 39.2 Å². The van der Waals surface area contributed by atoms with Crippen LogP contribution in [0.3, 0.4) is 0 Å². The number of halogens is 1. The maximum atomic E-state index is 14.5. The Hall–Kier alpha value is -4.04. The first-order valence-corrected chi connectivity index (χ1v) is 14.5. The molecule has 0 aliphatic heterocycles. The van der Waals surface area contributed by atoms with Gasteiger partial charge in [-0.2, -0.15) is 0 Å². The normalized spacial score (nSPS) is 15.6. The van der Waals surface area contributed by atoms with E-state index in [0.717, 1.165) is 53.6 Å². The lowest BCUT2D eigenvalue weighted by Gasteiger charge is -2.19. The summed E-state index contributed by atoms with van der Waals surface area (Å²) in [6, 6.07) is 11.0. The van der Waals surface area contributed by atoms with Gasteiger partial charge in [-0.1, -0.05) is 6.07 Å². The number of H-pyrrole nitrogens is 1. The summed E-state index contributed by atoms with van der Waals surface area (Å²) in [5, 5.41) is 4.53. The van der Waals surface area contributed by atoms with Crippen LogP contribution in [0.2, 0.25) is 0 Å². The van der Waals surface area contributed by atoms with E-state index in [1.54, 1.807) is 16.8 Å². The quantitative estimate of drug-likeness (QED) is 0.240. The highest BCUT2D eigenvalue weighted by Gasteiger charge is 2.30. The SMILES string of the molecule is Cn1ccnc1-c1cc(F)ccc1-c1cc(C2CC2)nc(-n2cc(C3CC3)c3cc(CNC(C)(C)C)[nH]c3c2=O)c1. The smallest absolute Gasteiger partial charge is 0.280 e. The number of pyridine rings is 2. The molecule has 210 valence electrons. The number of rotatable bonds is 7. The van der Waals surface area contributed by atoms with Gasteiger partial charge < -0.3 is 14.9 Å². The molecule has 2 saturated carbocycles. The molecule has 8 heteroatoms. The van der Waals surface area contributed by atoms with Gasteiger partial charge in [-0.05, 0) is 99.4 Å². The van der Waals surface area contributed by atoms with Crippen LogP contribution in [0.15, 0.2) is 59.8 Å². The largest absolute Gasteiger partial charge is 0.353 e. The summed E-state index contributed by atoms with van der Waals surface area (Å²) in [7, 11) is 1.90. The zero-order valence-electron chi connectivity index (χ0n) is 24.0. The van der Waals surface area contributed by atoms with Crippen LogP contribution in [-0.4, -0.2) is 29.6 Å². The Kier molecular flexibility index (Phi) is 6.01. The van der Waals surface area contributed by atoms with Gasteiger partial charge in [0.1, 0.15) is 23.0 Å². The second kappa shape index (κ2) is 9.52. The van der Waals surface area contributed by atoms with E-state index in [-0.39, 0.29) is 16.9 Å². The lowest BCUT2D eigenvalue weighted by molar-refractivity contribution is 0.422. The highest BCUT2D eigenvalue weighted by molar-refractivity contribution is 5.85. The van der Waals surface area contributed by atoms with Crippen LogP contribution < -0.4 is 10.9 Å². The predicted molar refractivity (Wildman–Crippen MR) is 160 cm³/mol. The number of benzene rings is 1. The third kappa shape index (κ3) is 5.01. The summed E-state index contributed by atoms with van der Waals surface area (Å²) in [4.78, 5) is 27.0. The summed E-state index contributed by atoms with van der Waals surface area (Å²) < 4.78 is 18.1. The fraction of sp³-hybridized carbons (Fsp3) is 0.364. The molecule has 0 saturated heterocycles. The molecule has 41 heavy (non-hydrogen) atoms. The topological polar surface area (TPSA) is 80.5 Å². The van der Waals surface area contributed by atoms with Crippen LogP contribution in [0.4, 0.5) is 4.39 Å². The molecule has 5 aromatic rings. The first-order chi connectivity index (χ1) is 19.6. The van der Waals surface area contributed by atoms with Crippen LogP contribution in [-0.2, 0) is 13.6 Å².